The van der Waals surface area contributed by atoms with Crippen LogP contribution in [-0.2, 0) is 0 Å². The van der Waals surface area contributed by atoms with Crippen molar-refractivity contribution in [1.29, 1.82) is 0 Å². The third kappa shape index (κ3) is 3.18. The Morgan fingerprint density at radius 3 is 2.26 bits per heavy atom. The first-order valence-electron chi connectivity index (χ1n) is 11.6. The molecule has 0 fully saturated rings. The molecular formula is C29H16N2O2S2. The number of para-hydroxylation sites is 1. The lowest BCUT2D eigenvalue weighted by atomic mass is 10.0. The summed E-state index contributed by atoms with van der Waals surface area (Å²) in [4.78, 5) is 36.0. The maximum atomic E-state index is 13.3. The predicted molar refractivity (Wildman–Crippen MR) is 142 cm³/mol. The van der Waals surface area contributed by atoms with Crippen LogP contribution < -0.4 is 4.90 Å². The molecule has 3 heterocycles. The largest absolute Gasteiger partial charge is 0.288 e. The van der Waals surface area contributed by atoms with Gasteiger partial charge in [0.05, 0.1) is 17.5 Å². The Morgan fingerprint density at radius 1 is 0.800 bits per heavy atom. The van der Waals surface area contributed by atoms with Gasteiger partial charge < -0.3 is 0 Å². The summed E-state index contributed by atoms with van der Waals surface area (Å²) in [6.45, 7) is 0. The second-order valence-electron chi connectivity index (χ2n) is 8.27. The zero-order chi connectivity index (χ0) is 24.4. The van der Waals surface area contributed by atoms with Crippen LogP contribution in [0.15, 0.2) is 106 Å². The van der Waals surface area contributed by atoms with Gasteiger partial charge in [-0.1, -0.05) is 48.2 Å². The minimum atomic E-state index is -0.382. The molecule has 0 spiro atoms. The van der Waals surface area contributed by atoms with Crippen molar-refractivity contribution < 1.29 is 11.0 Å². The van der Waals surface area contributed by atoms with E-state index in [2.05, 4.69) is 16.0 Å². The van der Waals surface area contributed by atoms with E-state index in [1.54, 1.807) is 30.1 Å². The number of rotatable bonds is 2. The van der Waals surface area contributed by atoms with Gasteiger partial charge in [0.25, 0.3) is 0 Å². The fourth-order valence-electron chi connectivity index (χ4n) is 4.55. The fourth-order valence-corrected chi connectivity index (χ4v) is 6.51. The average Bonchev–Trinajstić information content (AvgIpc) is 3.49. The van der Waals surface area contributed by atoms with E-state index in [1.165, 1.54) is 11.3 Å². The Balaban J connectivity index is 1.33. The van der Waals surface area contributed by atoms with Gasteiger partial charge >= 0.3 is 0 Å². The van der Waals surface area contributed by atoms with Crippen molar-refractivity contribution in [2.45, 2.75) is 9.79 Å². The molecule has 0 amide bonds. The molecule has 0 unspecified atom stereocenters. The number of ketones is 2. The van der Waals surface area contributed by atoms with Gasteiger partial charge in [-0.25, -0.2) is 4.98 Å². The number of thiophene rings is 1. The normalized spacial score (nSPS) is 14.6. The smallest absolute Gasteiger partial charge is 0.197 e. The van der Waals surface area contributed by atoms with Crippen molar-refractivity contribution in [1.82, 2.24) is 4.98 Å². The molecule has 0 saturated carbocycles. The second kappa shape index (κ2) is 7.77. The second-order valence-corrected chi connectivity index (χ2v) is 10.4. The summed E-state index contributed by atoms with van der Waals surface area (Å²) in [5.74, 6) is 0.0563. The number of nitrogens with zero attached hydrogens (tertiary/aromatic N) is 2. The summed E-state index contributed by atoms with van der Waals surface area (Å²) < 4.78 is 8.86. The molecule has 0 saturated heterocycles. The Kier molecular flexibility index (Phi) is 4.29. The first-order chi connectivity index (χ1) is 17.6. The van der Waals surface area contributed by atoms with E-state index >= 15 is 0 Å². The maximum absolute atomic E-state index is 13.3. The summed E-state index contributed by atoms with van der Waals surface area (Å²) in [5.41, 5.74) is 1.68. The van der Waals surface area contributed by atoms with E-state index < -0.39 is 0 Å². The van der Waals surface area contributed by atoms with Crippen LogP contribution in [0.1, 0.15) is 27.0 Å². The molecule has 0 bridgehead atoms. The number of fused-ring (bicyclic) bond motifs is 4. The van der Waals surface area contributed by atoms with Crippen molar-refractivity contribution >= 4 is 68.0 Å². The Hall–Kier alpha value is -4.00. The van der Waals surface area contributed by atoms with Gasteiger partial charge in [-0.2, -0.15) is 0 Å². The highest BCUT2D eigenvalue weighted by Crippen LogP contribution is 2.51. The van der Waals surface area contributed by atoms with Crippen LogP contribution in [0.25, 0.3) is 16.8 Å². The zero-order valence-electron chi connectivity index (χ0n) is 19.2. The summed E-state index contributed by atoms with van der Waals surface area (Å²) in [6.07, 6.45) is 1.77. The molecule has 2 aromatic heterocycles. The molecule has 3 aromatic carbocycles. The van der Waals surface area contributed by atoms with Gasteiger partial charge in [-0.05, 0) is 65.4 Å². The summed E-state index contributed by atoms with van der Waals surface area (Å²) in [7, 11) is 0. The van der Waals surface area contributed by atoms with Crippen LogP contribution in [-0.4, -0.2) is 16.6 Å². The van der Waals surface area contributed by atoms with Crippen LogP contribution in [0.3, 0.4) is 0 Å². The van der Waals surface area contributed by atoms with Crippen LogP contribution in [0.2, 0.25) is 0 Å². The van der Waals surface area contributed by atoms with Crippen molar-refractivity contribution in [3.05, 3.63) is 113 Å². The van der Waals surface area contributed by atoms with Crippen LogP contribution in [0.4, 0.5) is 16.5 Å². The average molecular weight is 490 g/mol. The molecule has 2 aliphatic rings. The van der Waals surface area contributed by atoms with Gasteiger partial charge in [0.1, 0.15) is 5.00 Å². The molecular weight excluding hydrogens is 472 g/mol. The number of hydrogen-bond acceptors (Lipinski definition) is 6. The molecule has 4 nitrogen and oxygen atoms in total. The lowest BCUT2D eigenvalue weighted by Crippen LogP contribution is -2.14. The van der Waals surface area contributed by atoms with Crippen LogP contribution in [0, 0.1) is 0 Å². The first kappa shape index (κ1) is 19.3. The van der Waals surface area contributed by atoms with Crippen molar-refractivity contribution in [2.75, 3.05) is 4.90 Å². The number of anilines is 3. The Bertz CT molecular complexity index is 1690. The summed E-state index contributed by atoms with van der Waals surface area (Å²) >= 11 is 3.05. The molecule has 0 N–H and O–H groups in total. The zero-order valence-corrected chi connectivity index (χ0v) is 19.8. The number of Topliss-reactive ketones (excluding diaryl/α,β-unsaturated/α-hetero) is 2. The molecule has 1 aliphatic carbocycles. The Labute approximate surface area is 211 Å². The molecule has 7 rings (SSSR count). The first-order valence-corrected chi connectivity index (χ1v) is 12.7. The molecule has 5 aromatic rings. The van der Waals surface area contributed by atoms with Crippen LogP contribution in [0.5, 0.6) is 0 Å². The van der Waals surface area contributed by atoms with Gasteiger partial charge in [-0.3, -0.25) is 14.5 Å². The van der Waals surface area contributed by atoms with Crippen molar-refractivity contribution in [2.24, 2.45) is 0 Å². The molecule has 1 aliphatic heterocycles. The number of carbonyl (C=O) groups is 2. The highest BCUT2D eigenvalue weighted by Gasteiger charge is 2.34. The van der Waals surface area contributed by atoms with E-state index in [1.807, 2.05) is 66.7 Å². The van der Waals surface area contributed by atoms with Crippen molar-refractivity contribution in [3.8, 4) is 0 Å². The Morgan fingerprint density at radius 2 is 1.49 bits per heavy atom. The number of carbonyl (C=O) groups excluding carboxylic acids is 2. The van der Waals surface area contributed by atoms with Crippen LogP contribution >= 0.6 is 23.1 Å². The standard InChI is InChI=1S/C29H16N2O2S2/c32-27-20-14-17-6-1-2-7-18(17)15-21(20)28(33)22(27)16-19-11-12-26(34-19)31-23-8-3-4-9-24(23)35-25-10-5-13-30-29(25)31/h1-16H/i16D. The highest BCUT2D eigenvalue weighted by molar-refractivity contribution is 7.99. The van der Waals surface area contributed by atoms with E-state index in [4.69, 9.17) is 1.37 Å². The van der Waals surface area contributed by atoms with E-state index in [9.17, 15) is 9.59 Å². The molecule has 166 valence electrons. The number of hydrogen-bond donors (Lipinski definition) is 0. The number of aromatic nitrogens is 1. The van der Waals surface area contributed by atoms with E-state index in [0.29, 0.717) is 16.0 Å². The van der Waals surface area contributed by atoms with Gasteiger partial charge in [-0.15, -0.1) is 11.3 Å². The van der Waals surface area contributed by atoms with Gasteiger partial charge in [0, 0.05) is 27.1 Å². The summed E-state index contributed by atoms with van der Waals surface area (Å²) in [5, 5.41) is 2.66. The molecule has 6 heteroatoms. The lowest BCUT2D eigenvalue weighted by Gasteiger charge is -2.30. The van der Waals surface area contributed by atoms with E-state index in [-0.39, 0.29) is 23.2 Å². The quantitative estimate of drug-likeness (QED) is 0.184. The monoisotopic (exact) mass is 489 g/mol. The number of benzene rings is 3. The number of allylic oxidation sites excluding steroid dienone is 1. The predicted octanol–water partition coefficient (Wildman–Crippen LogP) is 7.69. The lowest BCUT2D eigenvalue weighted by molar-refractivity contribution is 0.0990. The van der Waals surface area contributed by atoms with Gasteiger partial charge in [0.2, 0.25) is 0 Å². The topological polar surface area (TPSA) is 50.3 Å². The number of pyridine rings is 1. The fraction of sp³-hybridized carbons (Fsp3) is 0. The van der Waals surface area contributed by atoms with Gasteiger partial charge in [0.15, 0.2) is 17.4 Å². The van der Waals surface area contributed by atoms with E-state index in [0.717, 1.165) is 37.1 Å². The minimum Gasteiger partial charge on any atom is -0.288 e. The minimum absolute atomic E-state index is 0.0394. The summed E-state index contributed by atoms with van der Waals surface area (Å²) in [6, 6.07) is 26.9. The third-order valence-electron chi connectivity index (χ3n) is 6.18. The SMILES string of the molecule is [2H]C(=C1C(=O)c2cc3ccccc3cc2C1=O)c1ccc(N2c3ccccc3Sc3cccnc32)s1. The third-order valence-corrected chi connectivity index (χ3v) is 8.27. The maximum Gasteiger partial charge on any atom is 0.197 e. The van der Waals surface area contributed by atoms with Crippen molar-refractivity contribution in [3.63, 3.8) is 0 Å². The molecule has 0 radical (unpaired) electrons. The molecule has 0 atom stereocenters. The highest BCUT2D eigenvalue weighted by atomic mass is 32.2. The molecule has 35 heavy (non-hydrogen) atoms.